The molecule has 0 aromatic heterocycles. The molecule has 0 saturated heterocycles. The largest absolute Gasteiger partial charge is 0.355 e. The zero-order valence-corrected chi connectivity index (χ0v) is 10.7. The van der Waals surface area contributed by atoms with Gasteiger partial charge in [0.2, 0.25) is 5.91 Å². The van der Waals surface area contributed by atoms with Crippen molar-refractivity contribution in [2.24, 2.45) is 0 Å². The molecule has 0 unspecified atom stereocenters. The fraction of sp³-hybridized carbons (Fsp3) is 0.417. The molecule has 0 radical (unpaired) electrons. The van der Waals surface area contributed by atoms with Crippen LogP contribution in [0.3, 0.4) is 0 Å². The van der Waals surface area contributed by atoms with E-state index in [1.807, 2.05) is 0 Å². The Balaban J connectivity index is 2.44. The van der Waals surface area contributed by atoms with Gasteiger partial charge < -0.3 is 5.32 Å². The van der Waals surface area contributed by atoms with Crippen molar-refractivity contribution >= 4 is 21.8 Å². The average Bonchev–Trinajstić information content (AvgIpc) is 2.23. The van der Waals surface area contributed by atoms with Gasteiger partial charge in [0.1, 0.15) is 0 Å². The molecule has 0 aliphatic heterocycles. The standard InChI is InChI=1S/C12H16BrNO/c1-9-3-4-11(7-10(9)2)5-6-14-12(15)8-13/h3-4,7H,5-6,8H2,1-2H3,(H,14,15). The number of benzene rings is 1. The SMILES string of the molecule is Cc1ccc(CCNC(=O)CBr)cc1C. The number of carbonyl (C=O) groups is 1. The zero-order chi connectivity index (χ0) is 11.3. The van der Waals surface area contributed by atoms with Gasteiger partial charge in [-0.25, -0.2) is 0 Å². The van der Waals surface area contributed by atoms with Gasteiger partial charge in [0.05, 0.1) is 5.33 Å². The molecule has 0 spiro atoms. The molecule has 1 aromatic rings. The highest BCUT2D eigenvalue weighted by Gasteiger charge is 1.99. The van der Waals surface area contributed by atoms with Crippen LogP contribution in [0.15, 0.2) is 18.2 Å². The summed E-state index contributed by atoms with van der Waals surface area (Å²) >= 11 is 3.11. The Kier molecular flexibility index (Phi) is 4.82. The first-order chi connectivity index (χ1) is 7.13. The van der Waals surface area contributed by atoms with Crippen LogP contribution >= 0.6 is 15.9 Å². The molecule has 1 aromatic carbocycles. The van der Waals surface area contributed by atoms with E-state index in [0.29, 0.717) is 11.9 Å². The van der Waals surface area contributed by atoms with Crippen molar-refractivity contribution in [3.63, 3.8) is 0 Å². The van der Waals surface area contributed by atoms with Crippen LogP contribution in [0.4, 0.5) is 0 Å². The van der Waals surface area contributed by atoms with Gasteiger partial charge >= 0.3 is 0 Å². The van der Waals surface area contributed by atoms with E-state index in [0.717, 1.165) is 6.42 Å². The molecule has 0 fully saturated rings. The Morgan fingerprint density at radius 3 is 2.67 bits per heavy atom. The normalized spacial score (nSPS) is 10.1. The lowest BCUT2D eigenvalue weighted by atomic mass is 10.0. The van der Waals surface area contributed by atoms with Crippen LogP contribution in [0.25, 0.3) is 0 Å². The van der Waals surface area contributed by atoms with E-state index < -0.39 is 0 Å². The van der Waals surface area contributed by atoms with Gasteiger partial charge in [-0.3, -0.25) is 4.79 Å². The molecule has 0 heterocycles. The zero-order valence-electron chi connectivity index (χ0n) is 9.14. The van der Waals surface area contributed by atoms with E-state index in [4.69, 9.17) is 0 Å². The van der Waals surface area contributed by atoms with Crippen molar-refractivity contribution < 1.29 is 4.79 Å². The van der Waals surface area contributed by atoms with Crippen molar-refractivity contribution in [1.82, 2.24) is 5.32 Å². The number of alkyl halides is 1. The molecule has 82 valence electrons. The van der Waals surface area contributed by atoms with Crippen molar-refractivity contribution in [2.75, 3.05) is 11.9 Å². The van der Waals surface area contributed by atoms with Crippen LogP contribution in [0.2, 0.25) is 0 Å². The van der Waals surface area contributed by atoms with Gasteiger partial charge in [-0.1, -0.05) is 34.1 Å². The van der Waals surface area contributed by atoms with Gasteiger partial charge in [0, 0.05) is 6.54 Å². The molecule has 0 atom stereocenters. The van der Waals surface area contributed by atoms with Gasteiger partial charge in [0.15, 0.2) is 0 Å². The first kappa shape index (κ1) is 12.2. The number of carbonyl (C=O) groups excluding carboxylic acids is 1. The van der Waals surface area contributed by atoms with Crippen LogP contribution < -0.4 is 5.32 Å². The molecule has 1 N–H and O–H groups in total. The Morgan fingerprint density at radius 1 is 1.33 bits per heavy atom. The monoisotopic (exact) mass is 269 g/mol. The number of nitrogens with one attached hydrogen (secondary N) is 1. The van der Waals surface area contributed by atoms with Crippen LogP contribution in [-0.4, -0.2) is 17.8 Å². The highest BCUT2D eigenvalue weighted by Crippen LogP contribution is 2.09. The molecule has 1 amide bonds. The molecule has 3 heteroatoms. The average molecular weight is 270 g/mol. The fourth-order valence-electron chi connectivity index (χ4n) is 1.35. The van der Waals surface area contributed by atoms with Gasteiger partial charge in [-0.15, -0.1) is 0 Å². The molecule has 0 aliphatic rings. The predicted octanol–water partition coefficient (Wildman–Crippen LogP) is 2.36. The highest BCUT2D eigenvalue weighted by molar-refractivity contribution is 9.09. The third kappa shape index (κ3) is 4.04. The van der Waals surface area contributed by atoms with Crippen LogP contribution in [0, 0.1) is 13.8 Å². The molecule has 0 bridgehead atoms. The second-order valence-electron chi connectivity index (χ2n) is 3.65. The van der Waals surface area contributed by atoms with Crippen LogP contribution in [0.1, 0.15) is 16.7 Å². The Morgan fingerprint density at radius 2 is 2.07 bits per heavy atom. The number of hydrogen-bond acceptors (Lipinski definition) is 1. The Labute approximate surface area is 99.2 Å². The summed E-state index contributed by atoms with van der Waals surface area (Å²) in [6, 6.07) is 6.41. The second-order valence-corrected chi connectivity index (χ2v) is 4.21. The summed E-state index contributed by atoms with van der Waals surface area (Å²) in [4.78, 5) is 11.0. The number of rotatable bonds is 4. The summed E-state index contributed by atoms with van der Waals surface area (Å²) in [6.07, 6.45) is 0.889. The Hall–Kier alpha value is -0.830. The maximum Gasteiger partial charge on any atom is 0.230 e. The first-order valence-electron chi connectivity index (χ1n) is 5.02. The Bertz CT molecular complexity index is 349. The summed E-state index contributed by atoms with van der Waals surface area (Å²) in [5, 5.41) is 3.20. The smallest absolute Gasteiger partial charge is 0.230 e. The molecule has 2 nitrogen and oxygen atoms in total. The minimum Gasteiger partial charge on any atom is -0.355 e. The van der Waals surface area contributed by atoms with Crippen molar-refractivity contribution in [3.05, 3.63) is 34.9 Å². The van der Waals surface area contributed by atoms with Crippen molar-refractivity contribution in [3.8, 4) is 0 Å². The summed E-state index contributed by atoms with van der Waals surface area (Å²) in [6.45, 7) is 4.91. The van der Waals surface area contributed by atoms with Gasteiger partial charge in [-0.2, -0.15) is 0 Å². The number of aryl methyl sites for hydroxylation is 2. The number of hydrogen-bond donors (Lipinski definition) is 1. The maximum atomic E-state index is 11.0. The lowest BCUT2D eigenvalue weighted by Crippen LogP contribution is -2.26. The van der Waals surface area contributed by atoms with E-state index in [9.17, 15) is 4.79 Å². The van der Waals surface area contributed by atoms with E-state index in [-0.39, 0.29) is 5.91 Å². The lowest BCUT2D eigenvalue weighted by molar-refractivity contribution is -0.118. The quantitative estimate of drug-likeness (QED) is 0.836. The second kappa shape index (κ2) is 5.91. The molecular formula is C12H16BrNO. The fourth-order valence-corrected chi connectivity index (χ4v) is 1.55. The summed E-state index contributed by atoms with van der Waals surface area (Å²) < 4.78 is 0. The van der Waals surface area contributed by atoms with E-state index in [2.05, 4.69) is 53.3 Å². The first-order valence-corrected chi connectivity index (χ1v) is 6.14. The minimum atomic E-state index is 0.0406. The summed E-state index contributed by atoms with van der Waals surface area (Å²) in [7, 11) is 0. The lowest BCUT2D eigenvalue weighted by Gasteiger charge is -2.06. The molecule has 0 saturated carbocycles. The highest BCUT2D eigenvalue weighted by atomic mass is 79.9. The summed E-state index contributed by atoms with van der Waals surface area (Å²) in [5.74, 6) is 0.0406. The molecular weight excluding hydrogens is 254 g/mol. The molecule has 0 aliphatic carbocycles. The van der Waals surface area contributed by atoms with Gasteiger partial charge in [0.25, 0.3) is 0 Å². The van der Waals surface area contributed by atoms with Crippen molar-refractivity contribution in [1.29, 1.82) is 0 Å². The predicted molar refractivity (Wildman–Crippen MR) is 66.4 cm³/mol. The topological polar surface area (TPSA) is 29.1 Å². The van der Waals surface area contributed by atoms with E-state index in [1.54, 1.807) is 0 Å². The minimum absolute atomic E-state index is 0.0406. The number of amides is 1. The van der Waals surface area contributed by atoms with Crippen LogP contribution in [-0.2, 0) is 11.2 Å². The molecule has 15 heavy (non-hydrogen) atoms. The third-order valence-corrected chi connectivity index (χ3v) is 2.94. The number of halogens is 1. The molecule has 1 rings (SSSR count). The summed E-state index contributed by atoms with van der Waals surface area (Å²) in [5.41, 5.74) is 3.88. The van der Waals surface area contributed by atoms with E-state index in [1.165, 1.54) is 16.7 Å². The van der Waals surface area contributed by atoms with Crippen molar-refractivity contribution in [2.45, 2.75) is 20.3 Å². The van der Waals surface area contributed by atoms with E-state index >= 15 is 0 Å². The maximum absolute atomic E-state index is 11.0. The van der Waals surface area contributed by atoms with Gasteiger partial charge in [-0.05, 0) is 37.0 Å². The van der Waals surface area contributed by atoms with Crippen LogP contribution in [0.5, 0.6) is 0 Å². The third-order valence-electron chi connectivity index (χ3n) is 2.43.